The monoisotopic (exact) mass is 644 g/mol. The summed E-state index contributed by atoms with van der Waals surface area (Å²) in [7, 11) is 0. The maximum Gasteiger partial charge on any atom is 0.407 e. The number of hydrogen-bond acceptors (Lipinski definition) is 9. The third kappa shape index (κ3) is 7.36. The number of nitrogens with one attached hydrogen (secondary N) is 3. The van der Waals surface area contributed by atoms with Crippen molar-refractivity contribution >= 4 is 40.9 Å². The first-order valence-electron chi connectivity index (χ1n) is 15.3. The van der Waals surface area contributed by atoms with Gasteiger partial charge in [-0.2, -0.15) is 10.2 Å². The Bertz CT molecular complexity index is 1750. The molecule has 3 N–H and O–H groups in total. The summed E-state index contributed by atoms with van der Waals surface area (Å²) in [5.41, 5.74) is 6.41. The summed E-state index contributed by atoms with van der Waals surface area (Å²) in [4.78, 5) is 32.1. The molecule has 1 saturated heterocycles. The van der Waals surface area contributed by atoms with Crippen LogP contribution >= 0.6 is 11.3 Å². The summed E-state index contributed by atoms with van der Waals surface area (Å²) in [5.74, 6) is -0.682. The summed E-state index contributed by atoms with van der Waals surface area (Å²) in [5, 5.41) is 16.8. The normalized spacial score (nSPS) is 17.9. The van der Waals surface area contributed by atoms with Gasteiger partial charge in [0.15, 0.2) is 0 Å². The molecular weight excluding hydrogens is 607 g/mol. The second-order valence-corrected chi connectivity index (χ2v) is 13.3. The number of aromatic nitrogens is 3. The van der Waals surface area contributed by atoms with E-state index in [-0.39, 0.29) is 23.3 Å². The van der Waals surface area contributed by atoms with E-state index in [1.807, 2.05) is 34.1 Å². The van der Waals surface area contributed by atoms with Crippen molar-refractivity contribution in [3.05, 3.63) is 82.9 Å². The van der Waals surface area contributed by atoms with Crippen LogP contribution in [0.4, 0.5) is 20.6 Å². The Balaban J connectivity index is 1.13. The summed E-state index contributed by atoms with van der Waals surface area (Å²) < 4.78 is 22.5. The van der Waals surface area contributed by atoms with E-state index in [1.54, 1.807) is 44.5 Å². The fourth-order valence-electron chi connectivity index (χ4n) is 5.72. The number of hydrazone groups is 1. The van der Waals surface area contributed by atoms with Crippen molar-refractivity contribution in [1.82, 2.24) is 25.5 Å². The van der Waals surface area contributed by atoms with Gasteiger partial charge in [-0.15, -0.1) is 11.3 Å². The highest BCUT2D eigenvalue weighted by Crippen LogP contribution is 2.33. The molecule has 11 nitrogen and oxygen atoms in total. The van der Waals surface area contributed by atoms with Crippen molar-refractivity contribution in [2.24, 2.45) is 5.10 Å². The zero-order valence-electron chi connectivity index (χ0n) is 26.0. The number of ether oxygens (including phenoxy) is 1. The van der Waals surface area contributed by atoms with Gasteiger partial charge < -0.3 is 25.7 Å². The van der Waals surface area contributed by atoms with Gasteiger partial charge in [0.1, 0.15) is 22.1 Å². The van der Waals surface area contributed by atoms with E-state index in [1.165, 1.54) is 23.0 Å². The number of amides is 2. The third-order valence-electron chi connectivity index (χ3n) is 7.75. The molecule has 0 saturated carbocycles. The minimum absolute atomic E-state index is 0.218. The Morgan fingerprint density at radius 1 is 1.17 bits per heavy atom. The average Bonchev–Trinajstić information content (AvgIpc) is 3.79. The number of piperidine rings is 1. The van der Waals surface area contributed by atoms with Crippen LogP contribution in [0.3, 0.4) is 0 Å². The summed E-state index contributed by atoms with van der Waals surface area (Å²) >= 11 is 1.34. The number of para-hydroxylation sites is 1. The first-order chi connectivity index (χ1) is 22.1. The van der Waals surface area contributed by atoms with Crippen molar-refractivity contribution in [3.63, 3.8) is 0 Å². The van der Waals surface area contributed by atoms with E-state index in [9.17, 15) is 9.59 Å². The average molecular weight is 645 g/mol. The molecule has 240 valence electrons. The first-order valence-corrected chi connectivity index (χ1v) is 16.2. The number of carbonyl (C=O) groups excluding carboxylic acids is 2. The molecule has 2 atom stereocenters. The second-order valence-electron chi connectivity index (χ2n) is 12.4. The Morgan fingerprint density at radius 2 is 2.02 bits per heavy atom. The van der Waals surface area contributed by atoms with Crippen LogP contribution in [0.15, 0.2) is 65.3 Å². The van der Waals surface area contributed by atoms with Gasteiger partial charge in [0.25, 0.3) is 5.91 Å². The van der Waals surface area contributed by atoms with E-state index in [4.69, 9.17) is 4.74 Å². The Morgan fingerprint density at radius 3 is 2.83 bits per heavy atom. The standard InChI is InChI=1S/C33H37FN8O3S/c1-33(2,3)45-32(44)38-24-9-7-13-41(19-24)29-26(34)11-6-12-27(29)39-30(43)28-20-46-31(40-28)23-16-37-42(18-23)17-21-8-4-5-10-25(21)22-14-35-36-15-22/h4-6,8,10-12,14,16,18,20,22,24,36H,7,9,13,15,17,19H2,1-3H3,(H,38,44)(H,39,43)/t22?,24-/m1/s1. The van der Waals surface area contributed by atoms with Crippen molar-refractivity contribution < 1.29 is 18.7 Å². The number of halogens is 1. The lowest BCUT2D eigenvalue weighted by Gasteiger charge is -2.36. The fraction of sp³-hybridized carbons (Fsp3) is 0.364. The van der Waals surface area contributed by atoms with Crippen LogP contribution in [0.5, 0.6) is 0 Å². The molecule has 2 aliphatic rings. The molecule has 1 unspecified atom stereocenters. The van der Waals surface area contributed by atoms with Crippen molar-refractivity contribution in [2.75, 3.05) is 29.9 Å². The molecule has 0 bridgehead atoms. The molecule has 2 amide bonds. The number of hydrogen-bond donors (Lipinski definition) is 3. The van der Waals surface area contributed by atoms with Crippen LogP contribution in [0, 0.1) is 5.82 Å². The minimum atomic E-state index is -0.619. The second kappa shape index (κ2) is 13.3. The van der Waals surface area contributed by atoms with E-state index in [2.05, 4.69) is 43.4 Å². The molecule has 0 spiro atoms. The zero-order valence-corrected chi connectivity index (χ0v) is 26.8. The van der Waals surface area contributed by atoms with Gasteiger partial charge >= 0.3 is 6.09 Å². The van der Waals surface area contributed by atoms with Crippen molar-refractivity contribution in [2.45, 2.75) is 57.7 Å². The maximum atomic E-state index is 15.3. The lowest BCUT2D eigenvalue weighted by atomic mass is 9.95. The maximum absolute atomic E-state index is 15.3. The van der Waals surface area contributed by atoms with Gasteiger partial charge in [0, 0.05) is 54.9 Å². The van der Waals surface area contributed by atoms with E-state index in [0.29, 0.717) is 30.3 Å². The Kier molecular flexibility index (Phi) is 9.02. The highest BCUT2D eigenvalue weighted by molar-refractivity contribution is 7.13. The minimum Gasteiger partial charge on any atom is -0.444 e. The first kappa shape index (κ1) is 31.2. The highest BCUT2D eigenvalue weighted by Gasteiger charge is 2.28. The molecule has 0 radical (unpaired) electrons. The molecule has 6 rings (SSSR count). The fourth-order valence-corrected chi connectivity index (χ4v) is 6.49. The molecule has 2 aliphatic heterocycles. The van der Waals surface area contributed by atoms with Crippen molar-refractivity contribution in [1.29, 1.82) is 0 Å². The van der Waals surface area contributed by atoms with E-state index >= 15 is 4.39 Å². The number of benzene rings is 2. The van der Waals surface area contributed by atoms with Gasteiger partial charge in [-0.05, 0) is 56.9 Å². The smallest absolute Gasteiger partial charge is 0.407 e. The predicted octanol–water partition coefficient (Wildman–Crippen LogP) is 5.61. The summed E-state index contributed by atoms with van der Waals surface area (Å²) in [6.07, 6.45) is 6.56. The van der Waals surface area contributed by atoms with Crippen LogP contribution in [-0.2, 0) is 11.3 Å². The molecular formula is C33H37FN8O3S. The molecule has 13 heteroatoms. The molecule has 1 fully saturated rings. The lowest BCUT2D eigenvalue weighted by molar-refractivity contribution is 0.0500. The van der Waals surface area contributed by atoms with E-state index < -0.39 is 23.4 Å². The molecule has 4 heterocycles. The molecule has 2 aromatic carbocycles. The molecule has 0 aliphatic carbocycles. The van der Waals surface area contributed by atoms with Gasteiger partial charge in [0.05, 0.1) is 24.1 Å². The third-order valence-corrected chi connectivity index (χ3v) is 8.65. The topological polar surface area (TPSA) is 126 Å². The van der Waals surface area contributed by atoms with Gasteiger partial charge in [-0.1, -0.05) is 30.3 Å². The van der Waals surface area contributed by atoms with Gasteiger partial charge in [-0.3, -0.25) is 9.48 Å². The molecule has 46 heavy (non-hydrogen) atoms. The lowest BCUT2D eigenvalue weighted by Crippen LogP contribution is -2.49. The summed E-state index contributed by atoms with van der Waals surface area (Å²) in [6.45, 7) is 7.73. The number of anilines is 2. The van der Waals surface area contributed by atoms with E-state index in [0.717, 1.165) is 30.5 Å². The quantitative estimate of drug-likeness (QED) is 0.228. The van der Waals surface area contributed by atoms with Crippen LogP contribution in [0.1, 0.15) is 61.1 Å². The van der Waals surface area contributed by atoms with Crippen molar-refractivity contribution in [3.8, 4) is 10.6 Å². The zero-order chi connectivity index (χ0) is 32.3. The van der Waals surface area contributed by atoms with Gasteiger partial charge in [-0.25, -0.2) is 14.2 Å². The van der Waals surface area contributed by atoms with Crippen LogP contribution in [-0.4, -0.2) is 64.3 Å². The van der Waals surface area contributed by atoms with Crippen LogP contribution in [0.2, 0.25) is 0 Å². The molecule has 4 aromatic rings. The number of rotatable bonds is 8. The number of carbonyl (C=O) groups is 2. The van der Waals surface area contributed by atoms with Crippen LogP contribution < -0.4 is 21.0 Å². The van der Waals surface area contributed by atoms with Gasteiger partial charge in [0.2, 0.25) is 0 Å². The summed E-state index contributed by atoms with van der Waals surface area (Å²) in [6, 6.07) is 12.6. The number of nitrogens with zero attached hydrogens (tertiary/aromatic N) is 5. The SMILES string of the molecule is CC(C)(C)OC(=O)N[C@@H]1CCCN(c2c(F)cccc2NC(=O)c2csc(-c3cnn(Cc4ccccc4C4C=NNC4)c3)n2)C1. The largest absolute Gasteiger partial charge is 0.444 e. The Hall–Kier alpha value is -4.78. The van der Waals surface area contributed by atoms with Crippen LogP contribution in [0.25, 0.3) is 10.6 Å². The number of thiazole rings is 1. The highest BCUT2D eigenvalue weighted by atomic mass is 32.1. The Labute approximate surface area is 270 Å². The molecule has 2 aromatic heterocycles. The number of alkyl carbamates (subject to hydrolysis) is 1. The predicted molar refractivity (Wildman–Crippen MR) is 177 cm³/mol.